The van der Waals surface area contributed by atoms with Crippen molar-refractivity contribution in [2.75, 3.05) is 0 Å². The number of benzene rings is 1. The zero-order valence-corrected chi connectivity index (χ0v) is 14.1. The average molecular weight is 360 g/mol. The molecule has 24 heavy (non-hydrogen) atoms. The van der Waals surface area contributed by atoms with Gasteiger partial charge in [-0.1, -0.05) is 23.2 Å². The number of imidazole rings is 1. The van der Waals surface area contributed by atoms with Crippen LogP contribution < -0.4 is 4.74 Å². The fourth-order valence-corrected chi connectivity index (χ4v) is 2.65. The molecule has 5 nitrogen and oxygen atoms in total. The van der Waals surface area contributed by atoms with E-state index in [4.69, 9.17) is 33.2 Å². The van der Waals surface area contributed by atoms with Crippen molar-refractivity contribution in [3.63, 3.8) is 0 Å². The van der Waals surface area contributed by atoms with Crippen LogP contribution in [-0.2, 0) is 6.42 Å². The van der Waals surface area contributed by atoms with Crippen LogP contribution in [0.4, 0.5) is 0 Å². The lowest BCUT2D eigenvalue weighted by Gasteiger charge is -2.07. The molecule has 0 aliphatic carbocycles. The molecule has 7 heteroatoms. The third-order valence-electron chi connectivity index (χ3n) is 3.52. The SMILES string of the molecule is Cc1nc2c(OC(=O)c3ccc(Cl)c(Cl)c3)cccn2c1CC#N. The number of carbonyl (C=O) groups is 1. The number of carbonyl (C=O) groups excluding carboxylic acids is 1. The third-order valence-corrected chi connectivity index (χ3v) is 4.26. The largest absolute Gasteiger partial charge is 0.419 e. The highest BCUT2D eigenvalue weighted by Crippen LogP contribution is 2.26. The van der Waals surface area contributed by atoms with Crippen molar-refractivity contribution in [2.24, 2.45) is 0 Å². The van der Waals surface area contributed by atoms with Gasteiger partial charge >= 0.3 is 5.97 Å². The summed E-state index contributed by atoms with van der Waals surface area (Å²) in [6.45, 7) is 1.81. The zero-order chi connectivity index (χ0) is 17.3. The van der Waals surface area contributed by atoms with E-state index in [2.05, 4.69) is 11.1 Å². The number of nitriles is 1. The summed E-state index contributed by atoms with van der Waals surface area (Å²) in [4.78, 5) is 16.7. The Hall–Kier alpha value is -2.55. The first-order valence-electron chi connectivity index (χ1n) is 7.02. The number of hydrogen-bond donors (Lipinski definition) is 0. The van der Waals surface area contributed by atoms with Crippen LogP contribution in [0.5, 0.6) is 5.75 Å². The van der Waals surface area contributed by atoms with Crippen molar-refractivity contribution in [3.8, 4) is 11.8 Å². The molecule has 3 rings (SSSR count). The number of ether oxygens (including phenoxy) is 1. The van der Waals surface area contributed by atoms with E-state index < -0.39 is 5.97 Å². The summed E-state index contributed by atoms with van der Waals surface area (Å²) < 4.78 is 7.19. The maximum absolute atomic E-state index is 12.3. The molecule has 0 bridgehead atoms. The van der Waals surface area contributed by atoms with Crippen molar-refractivity contribution in [2.45, 2.75) is 13.3 Å². The summed E-state index contributed by atoms with van der Waals surface area (Å²) in [5.41, 5.74) is 2.25. The molecule has 0 atom stereocenters. The van der Waals surface area contributed by atoms with Gasteiger partial charge in [0.2, 0.25) is 0 Å². The molecule has 0 saturated heterocycles. The molecule has 0 radical (unpaired) electrons. The minimum absolute atomic E-state index is 0.219. The number of aryl methyl sites for hydroxylation is 1. The van der Waals surface area contributed by atoms with Gasteiger partial charge in [-0.15, -0.1) is 0 Å². The monoisotopic (exact) mass is 359 g/mol. The molecule has 2 heterocycles. The normalized spacial score (nSPS) is 10.6. The van der Waals surface area contributed by atoms with Crippen LogP contribution in [0.15, 0.2) is 36.5 Å². The van der Waals surface area contributed by atoms with Crippen LogP contribution >= 0.6 is 23.2 Å². The molecule has 0 aliphatic rings. The highest BCUT2D eigenvalue weighted by molar-refractivity contribution is 6.42. The highest BCUT2D eigenvalue weighted by atomic mass is 35.5. The number of rotatable bonds is 3. The Morgan fingerprint density at radius 1 is 1.33 bits per heavy atom. The summed E-state index contributed by atoms with van der Waals surface area (Å²) >= 11 is 11.8. The van der Waals surface area contributed by atoms with Gasteiger partial charge in [-0.2, -0.15) is 5.26 Å². The standard InChI is InChI=1S/C17H11Cl2N3O2/c1-10-14(6-7-20)22-8-2-3-15(16(22)21-10)24-17(23)11-4-5-12(18)13(19)9-11/h2-5,8-9H,6H2,1H3. The second-order valence-corrected chi connectivity index (χ2v) is 5.88. The Bertz CT molecular complexity index is 989. The number of halogens is 2. The fourth-order valence-electron chi connectivity index (χ4n) is 2.35. The summed E-state index contributed by atoms with van der Waals surface area (Å²) in [5.74, 6) is -0.259. The lowest BCUT2D eigenvalue weighted by atomic mass is 10.2. The Morgan fingerprint density at radius 2 is 2.12 bits per heavy atom. The van der Waals surface area contributed by atoms with E-state index in [-0.39, 0.29) is 17.0 Å². The predicted octanol–water partition coefficient (Wildman–Crippen LogP) is 4.23. The molecular weight excluding hydrogens is 349 g/mol. The molecule has 0 unspecified atom stereocenters. The topological polar surface area (TPSA) is 67.4 Å². The number of hydrogen-bond acceptors (Lipinski definition) is 4. The minimum atomic E-state index is -0.566. The van der Waals surface area contributed by atoms with Gasteiger partial charge in [0.1, 0.15) is 0 Å². The van der Waals surface area contributed by atoms with Gasteiger partial charge in [0.25, 0.3) is 0 Å². The summed E-state index contributed by atoms with van der Waals surface area (Å²) in [6.07, 6.45) is 2.00. The number of pyridine rings is 1. The van der Waals surface area contributed by atoms with Crippen LogP contribution in [0, 0.1) is 18.3 Å². The quantitative estimate of drug-likeness (QED) is 0.656. The minimum Gasteiger partial charge on any atom is -0.419 e. The second kappa shape index (κ2) is 6.52. The highest BCUT2D eigenvalue weighted by Gasteiger charge is 2.16. The maximum Gasteiger partial charge on any atom is 0.343 e. The lowest BCUT2D eigenvalue weighted by molar-refractivity contribution is 0.0736. The van der Waals surface area contributed by atoms with E-state index in [0.717, 1.165) is 11.4 Å². The van der Waals surface area contributed by atoms with Gasteiger partial charge in [0.15, 0.2) is 11.4 Å². The van der Waals surface area contributed by atoms with E-state index in [0.29, 0.717) is 16.4 Å². The van der Waals surface area contributed by atoms with Crippen LogP contribution in [0.25, 0.3) is 5.65 Å². The Morgan fingerprint density at radius 3 is 2.83 bits per heavy atom. The molecular formula is C17H11Cl2N3O2. The molecule has 1 aromatic carbocycles. The van der Waals surface area contributed by atoms with Crippen molar-refractivity contribution in [1.82, 2.24) is 9.38 Å². The predicted molar refractivity (Wildman–Crippen MR) is 90.7 cm³/mol. The number of aromatic nitrogens is 2. The van der Waals surface area contributed by atoms with Crippen molar-refractivity contribution in [3.05, 3.63) is 63.5 Å². The van der Waals surface area contributed by atoms with Gasteiger partial charge < -0.3 is 4.74 Å². The first-order valence-corrected chi connectivity index (χ1v) is 7.77. The van der Waals surface area contributed by atoms with Gasteiger partial charge in [0, 0.05) is 6.20 Å². The van der Waals surface area contributed by atoms with E-state index >= 15 is 0 Å². The van der Waals surface area contributed by atoms with Gasteiger partial charge in [-0.05, 0) is 37.3 Å². The maximum atomic E-state index is 12.3. The van der Waals surface area contributed by atoms with Crippen LogP contribution in [0.1, 0.15) is 21.7 Å². The molecule has 2 aromatic heterocycles. The van der Waals surface area contributed by atoms with E-state index in [1.807, 2.05) is 6.92 Å². The molecule has 0 saturated carbocycles. The van der Waals surface area contributed by atoms with Crippen molar-refractivity contribution < 1.29 is 9.53 Å². The van der Waals surface area contributed by atoms with Crippen LogP contribution in [0.3, 0.4) is 0 Å². The zero-order valence-electron chi connectivity index (χ0n) is 12.6. The summed E-state index contributed by atoms with van der Waals surface area (Å²) in [5, 5.41) is 9.57. The Balaban J connectivity index is 1.98. The van der Waals surface area contributed by atoms with E-state index in [1.54, 1.807) is 22.7 Å². The van der Waals surface area contributed by atoms with Gasteiger partial charge in [-0.3, -0.25) is 4.40 Å². The van der Waals surface area contributed by atoms with Gasteiger partial charge in [-0.25, -0.2) is 9.78 Å². The lowest BCUT2D eigenvalue weighted by Crippen LogP contribution is -2.09. The molecule has 0 spiro atoms. The first kappa shape index (κ1) is 16.3. The first-order chi connectivity index (χ1) is 11.5. The van der Waals surface area contributed by atoms with Gasteiger partial charge in [0.05, 0.1) is 39.5 Å². The molecule has 3 aromatic rings. The second-order valence-electron chi connectivity index (χ2n) is 5.06. The molecule has 120 valence electrons. The van der Waals surface area contributed by atoms with E-state index in [1.165, 1.54) is 18.2 Å². The van der Waals surface area contributed by atoms with Crippen LogP contribution in [-0.4, -0.2) is 15.4 Å². The molecule has 0 fully saturated rings. The molecule has 0 aliphatic heterocycles. The number of esters is 1. The number of nitrogens with zero attached hydrogens (tertiary/aromatic N) is 3. The van der Waals surface area contributed by atoms with Crippen molar-refractivity contribution >= 4 is 34.8 Å². The molecule has 0 amide bonds. The summed E-state index contributed by atoms with van der Waals surface area (Å²) in [6, 6.07) is 10.00. The smallest absolute Gasteiger partial charge is 0.343 e. The average Bonchev–Trinajstić information content (AvgIpc) is 2.88. The fraction of sp³-hybridized carbons (Fsp3) is 0.118. The summed E-state index contributed by atoms with van der Waals surface area (Å²) in [7, 11) is 0. The van der Waals surface area contributed by atoms with Crippen LogP contribution in [0.2, 0.25) is 10.0 Å². The number of fused-ring (bicyclic) bond motifs is 1. The third kappa shape index (κ3) is 2.94. The Labute approximate surface area is 148 Å². The Kier molecular flexibility index (Phi) is 4.43. The molecule has 0 N–H and O–H groups in total. The van der Waals surface area contributed by atoms with E-state index in [9.17, 15) is 4.79 Å². The van der Waals surface area contributed by atoms with Crippen molar-refractivity contribution in [1.29, 1.82) is 5.26 Å².